The lowest BCUT2D eigenvalue weighted by Crippen LogP contribution is -2.44. The molecule has 1 aliphatic heterocycles. The first-order valence-corrected chi connectivity index (χ1v) is 9.10. The van der Waals surface area contributed by atoms with Crippen LogP contribution in [0, 0.1) is 11.8 Å². The van der Waals surface area contributed by atoms with Crippen molar-refractivity contribution in [2.45, 2.75) is 58.0 Å². The fourth-order valence-corrected chi connectivity index (χ4v) is 3.83. The third-order valence-electron chi connectivity index (χ3n) is 5.61. The number of nitrogens with one attached hydrogen (secondary N) is 1. The van der Waals surface area contributed by atoms with Gasteiger partial charge in [-0.25, -0.2) is 4.98 Å². The molecule has 0 bridgehead atoms. The maximum atomic E-state index is 12.5. The first-order valence-electron chi connectivity index (χ1n) is 9.10. The monoisotopic (exact) mass is 318 g/mol. The van der Waals surface area contributed by atoms with Crippen LogP contribution in [0.1, 0.15) is 51.3 Å². The molecule has 0 unspecified atom stereocenters. The zero-order chi connectivity index (χ0) is 16.2. The Morgan fingerprint density at radius 1 is 1.22 bits per heavy atom. The van der Waals surface area contributed by atoms with Gasteiger partial charge in [0.1, 0.15) is 5.82 Å². The third-order valence-corrected chi connectivity index (χ3v) is 5.61. The second-order valence-electron chi connectivity index (χ2n) is 7.47. The van der Waals surface area contributed by atoms with E-state index in [4.69, 9.17) is 0 Å². The Morgan fingerprint density at radius 2 is 1.91 bits per heavy atom. The highest BCUT2D eigenvalue weighted by molar-refractivity contribution is 5.79. The van der Waals surface area contributed by atoms with Gasteiger partial charge < -0.3 is 9.88 Å². The molecule has 1 saturated carbocycles. The molecular weight excluding hydrogens is 288 g/mol. The third kappa shape index (κ3) is 4.34. The molecule has 2 aliphatic rings. The van der Waals surface area contributed by atoms with E-state index in [2.05, 4.69) is 26.7 Å². The fourth-order valence-electron chi connectivity index (χ4n) is 3.83. The number of aromatic nitrogens is 2. The lowest BCUT2D eigenvalue weighted by Gasteiger charge is -2.33. The number of carbonyl (C=O) groups is 1. The number of aryl methyl sites for hydroxylation is 1. The molecule has 23 heavy (non-hydrogen) atoms. The van der Waals surface area contributed by atoms with Crippen molar-refractivity contribution in [2.75, 3.05) is 13.1 Å². The van der Waals surface area contributed by atoms with Gasteiger partial charge in [0.15, 0.2) is 0 Å². The zero-order valence-corrected chi connectivity index (χ0v) is 14.5. The molecule has 0 radical (unpaired) electrons. The summed E-state index contributed by atoms with van der Waals surface area (Å²) in [6.45, 7) is 5.19. The Bertz CT molecular complexity index is 511. The average molecular weight is 318 g/mol. The topological polar surface area (TPSA) is 50.2 Å². The number of carbonyl (C=O) groups excluding carboxylic acids is 1. The number of piperidine rings is 1. The minimum Gasteiger partial charge on any atom is -0.353 e. The lowest BCUT2D eigenvalue weighted by molar-refractivity contribution is -0.127. The van der Waals surface area contributed by atoms with Crippen LogP contribution in [0.2, 0.25) is 0 Å². The molecule has 1 N–H and O–H groups in total. The maximum Gasteiger partial charge on any atom is 0.223 e. The summed E-state index contributed by atoms with van der Waals surface area (Å²) in [6, 6.07) is 0.421. The summed E-state index contributed by atoms with van der Waals surface area (Å²) in [5, 5.41) is 3.30. The number of rotatable bonds is 4. The summed E-state index contributed by atoms with van der Waals surface area (Å²) in [4.78, 5) is 19.3. The molecule has 1 aliphatic carbocycles. The van der Waals surface area contributed by atoms with Crippen LogP contribution < -0.4 is 5.32 Å². The van der Waals surface area contributed by atoms with Crippen LogP contribution in [0.5, 0.6) is 0 Å². The van der Waals surface area contributed by atoms with Gasteiger partial charge >= 0.3 is 0 Å². The predicted molar refractivity (Wildman–Crippen MR) is 90.8 cm³/mol. The van der Waals surface area contributed by atoms with Crippen molar-refractivity contribution < 1.29 is 4.79 Å². The zero-order valence-electron chi connectivity index (χ0n) is 14.5. The van der Waals surface area contributed by atoms with E-state index in [1.165, 1.54) is 12.8 Å². The second kappa shape index (κ2) is 7.47. The first kappa shape index (κ1) is 16.5. The molecule has 2 heterocycles. The van der Waals surface area contributed by atoms with E-state index < -0.39 is 0 Å². The largest absolute Gasteiger partial charge is 0.353 e. The van der Waals surface area contributed by atoms with Crippen molar-refractivity contribution in [2.24, 2.45) is 18.9 Å². The number of hydrogen-bond donors (Lipinski definition) is 1. The van der Waals surface area contributed by atoms with Gasteiger partial charge in [0, 0.05) is 31.4 Å². The molecule has 0 aromatic carbocycles. The smallest absolute Gasteiger partial charge is 0.223 e. The molecule has 0 atom stereocenters. The Labute approximate surface area is 139 Å². The summed E-state index contributed by atoms with van der Waals surface area (Å²) in [6.07, 6.45) is 10.6. The molecule has 128 valence electrons. The van der Waals surface area contributed by atoms with Crippen LogP contribution in [0.4, 0.5) is 0 Å². The summed E-state index contributed by atoms with van der Waals surface area (Å²) >= 11 is 0. The van der Waals surface area contributed by atoms with Crippen LogP contribution in [-0.4, -0.2) is 39.5 Å². The molecule has 1 aromatic heterocycles. The molecule has 2 fully saturated rings. The second-order valence-corrected chi connectivity index (χ2v) is 7.47. The van der Waals surface area contributed by atoms with Crippen LogP contribution >= 0.6 is 0 Å². The Morgan fingerprint density at radius 3 is 2.52 bits per heavy atom. The van der Waals surface area contributed by atoms with Gasteiger partial charge in [-0.2, -0.15) is 0 Å². The van der Waals surface area contributed by atoms with Crippen LogP contribution in [-0.2, 0) is 18.4 Å². The summed E-state index contributed by atoms with van der Waals surface area (Å²) < 4.78 is 2.07. The van der Waals surface area contributed by atoms with Crippen LogP contribution in [0.3, 0.4) is 0 Å². The number of imidazole rings is 1. The fraction of sp³-hybridized carbons (Fsp3) is 0.778. The Balaban J connectivity index is 1.41. The van der Waals surface area contributed by atoms with Gasteiger partial charge in [0.25, 0.3) is 0 Å². The van der Waals surface area contributed by atoms with Gasteiger partial charge in [0.05, 0.1) is 6.54 Å². The Hall–Kier alpha value is -1.36. The first-order chi connectivity index (χ1) is 11.1. The maximum absolute atomic E-state index is 12.5. The van der Waals surface area contributed by atoms with Crippen molar-refractivity contribution >= 4 is 5.91 Å². The van der Waals surface area contributed by atoms with E-state index in [1.54, 1.807) is 0 Å². The van der Waals surface area contributed by atoms with Gasteiger partial charge in [-0.05, 0) is 57.5 Å². The molecule has 5 nitrogen and oxygen atoms in total. The highest BCUT2D eigenvalue weighted by Crippen LogP contribution is 2.25. The average Bonchev–Trinajstić information content (AvgIpc) is 2.95. The Kier molecular flexibility index (Phi) is 5.36. The predicted octanol–water partition coefficient (Wildman–Crippen LogP) is 2.33. The minimum absolute atomic E-state index is 0.201. The lowest BCUT2D eigenvalue weighted by atomic mass is 9.86. The highest BCUT2D eigenvalue weighted by Gasteiger charge is 2.28. The quantitative estimate of drug-likeness (QED) is 0.927. The van der Waals surface area contributed by atoms with E-state index in [0.717, 1.165) is 57.1 Å². The molecule has 1 saturated heterocycles. The highest BCUT2D eigenvalue weighted by atomic mass is 16.1. The van der Waals surface area contributed by atoms with E-state index in [-0.39, 0.29) is 5.92 Å². The molecule has 0 spiro atoms. The van der Waals surface area contributed by atoms with Crippen LogP contribution in [0.25, 0.3) is 0 Å². The van der Waals surface area contributed by atoms with E-state index in [0.29, 0.717) is 11.9 Å². The van der Waals surface area contributed by atoms with Crippen molar-refractivity contribution in [3.05, 3.63) is 18.2 Å². The van der Waals surface area contributed by atoms with E-state index in [9.17, 15) is 4.79 Å². The van der Waals surface area contributed by atoms with Gasteiger partial charge in [-0.3, -0.25) is 9.69 Å². The van der Waals surface area contributed by atoms with Crippen molar-refractivity contribution in [3.8, 4) is 0 Å². The standard InChI is InChI=1S/C18H30N4O/c1-14-3-5-16(6-4-14)20-18(23)15-7-10-22(11-8-15)13-17-19-9-12-21(17)2/h9,12,14-16H,3-8,10-11,13H2,1-2H3,(H,20,23). The summed E-state index contributed by atoms with van der Waals surface area (Å²) in [5.74, 6) is 2.43. The van der Waals surface area contributed by atoms with Crippen LogP contribution in [0.15, 0.2) is 12.4 Å². The SMILES string of the molecule is CC1CCC(NC(=O)C2CCN(Cc3nccn3C)CC2)CC1. The minimum atomic E-state index is 0.201. The number of hydrogen-bond acceptors (Lipinski definition) is 3. The normalized spacial score (nSPS) is 27.0. The number of likely N-dealkylation sites (tertiary alicyclic amines) is 1. The molecule has 3 rings (SSSR count). The van der Waals surface area contributed by atoms with Gasteiger partial charge in [-0.15, -0.1) is 0 Å². The molecular formula is C18H30N4O. The van der Waals surface area contributed by atoms with Crippen molar-refractivity contribution in [3.63, 3.8) is 0 Å². The molecule has 1 amide bonds. The molecule has 1 aromatic rings. The van der Waals surface area contributed by atoms with E-state index in [1.807, 2.05) is 19.4 Å². The number of amides is 1. The van der Waals surface area contributed by atoms with Crippen molar-refractivity contribution in [1.29, 1.82) is 0 Å². The number of nitrogens with zero attached hydrogens (tertiary/aromatic N) is 3. The van der Waals surface area contributed by atoms with Gasteiger partial charge in [0.2, 0.25) is 5.91 Å². The van der Waals surface area contributed by atoms with Gasteiger partial charge in [-0.1, -0.05) is 6.92 Å². The molecule has 5 heteroatoms. The summed E-state index contributed by atoms with van der Waals surface area (Å²) in [5.41, 5.74) is 0. The van der Waals surface area contributed by atoms with E-state index >= 15 is 0 Å². The van der Waals surface area contributed by atoms with Crippen molar-refractivity contribution in [1.82, 2.24) is 19.8 Å². The summed E-state index contributed by atoms with van der Waals surface area (Å²) in [7, 11) is 2.04.